The molecule has 0 radical (unpaired) electrons. The lowest BCUT2D eigenvalue weighted by Crippen LogP contribution is -2.55. The standard InChI is InChI=1S/C21H30N2O3S/c1-3-22-27(25,26)19-6-4-18(5-7-19)20(24)23-14(2)21-11-15-8-16(12-21)10-17(9-15)13-21/h4-7,14-17,22H,3,8-13H2,1-2H3,(H,23,24)/t14-,15?,16?,17?,21?/m1/s1. The van der Waals surface area contributed by atoms with Crippen LogP contribution in [-0.4, -0.2) is 26.9 Å². The van der Waals surface area contributed by atoms with E-state index in [2.05, 4.69) is 17.0 Å². The largest absolute Gasteiger partial charge is 0.349 e. The van der Waals surface area contributed by atoms with E-state index in [1.807, 2.05) is 0 Å². The second-order valence-corrected chi connectivity index (χ2v) is 10.8. The van der Waals surface area contributed by atoms with E-state index in [-0.39, 0.29) is 22.3 Å². The summed E-state index contributed by atoms with van der Waals surface area (Å²) in [6, 6.07) is 6.37. The Labute approximate surface area is 162 Å². The third kappa shape index (κ3) is 3.54. The zero-order valence-corrected chi connectivity index (χ0v) is 17.0. The summed E-state index contributed by atoms with van der Waals surface area (Å²) in [6.07, 6.45) is 7.92. The number of amides is 1. The molecule has 0 aliphatic heterocycles. The number of benzene rings is 1. The molecule has 6 heteroatoms. The summed E-state index contributed by atoms with van der Waals surface area (Å²) in [4.78, 5) is 12.9. The average molecular weight is 391 g/mol. The van der Waals surface area contributed by atoms with E-state index in [9.17, 15) is 13.2 Å². The van der Waals surface area contributed by atoms with Crippen LogP contribution in [0.15, 0.2) is 29.2 Å². The van der Waals surface area contributed by atoms with Gasteiger partial charge in [-0.2, -0.15) is 0 Å². The summed E-state index contributed by atoms with van der Waals surface area (Å²) in [6.45, 7) is 4.24. The number of rotatable bonds is 6. The Bertz CT molecular complexity index is 781. The third-order valence-electron chi connectivity index (χ3n) is 7.11. The van der Waals surface area contributed by atoms with Crippen LogP contribution in [0, 0.1) is 23.2 Å². The van der Waals surface area contributed by atoms with Crippen molar-refractivity contribution >= 4 is 15.9 Å². The lowest BCUT2D eigenvalue weighted by Gasteiger charge is -2.59. The molecule has 4 saturated carbocycles. The lowest BCUT2D eigenvalue weighted by molar-refractivity contribution is -0.0688. The van der Waals surface area contributed by atoms with E-state index in [4.69, 9.17) is 0 Å². The highest BCUT2D eigenvalue weighted by Gasteiger charge is 2.53. The molecule has 0 saturated heterocycles. The van der Waals surface area contributed by atoms with Crippen LogP contribution in [0.2, 0.25) is 0 Å². The van der Waals surface area contributed by atoms with Gasteiger partial charge in [0, 0.05) is 18.2 Å². The molecule has 4 aliphatic rings. The van der Waals surface area contributed by atoms with Gasteiger partial charge in [-0.3, -0.25) is 4.79 Å². The van der Waals surface area contributed by atoms with Gasteiger partial charge in [-0.25, -0.2) is 13.1 Å². The molecular weight excluding hydrogens is 360 g/mol. The van der Waals surface area contributed by atoms with Gasteiger partial charge in [0.25, 0.3) is 5.91 Å². The smallest absolute Gasteiger partial charge is 0.251 e. The summed E-state index contributed by atoms with van der Waals surface area (Å²) < 4.78 is 26.5. The van der Waals surface area contributed by atoms with E-state index in [0.29, 0.717) is 12.1 Å². The number of carbonyl (C=O) groups is 1. The van der Waals surface area contributed by atoms with Crippen molar-refractivity contribution < 1.29 is 13.2 Å². The van der Waals surface area contributed by atoms with Gasteiger partial charge < -0.3 is 5.32 Å². The molecule has 1 aromatic carbocycles. The molecule has 4 fully saturated rings. The molecule has 5 nitrogen and oxygen atoms in total. The van der Waals surface area contributed by atoms with Gasteiger partial charge in [0.2, 0.25) is 10.0 Å². The lowest BCUT2D eigenvalue weighted by atomic mass is 9.48. The summed E-state index contributed by atoms with van der Waals surface area (Å²) in [5, 5.41) is 3.23. The normalized spacial score (nSPS) is 33.0. The molecule has 27 heavy (non-hydrogen) atoms. The summed E-state index contributed by atoms with van der Waals surface area (Å²) in [5.41, 5.74) is 0.778. The number of nitrogens with one attached hydrogen (secondary N) is 2. The number of sulfonamides is 1. The fourth-order valence-electron chi connectivity index (χ4n) is 6.20. The molecule has 0 aromatic heterocycles. The molecule has 1 amide bonds. The van der Waals surface area contributed by atoms with Crippen LogP contribution in [-0.2, 0) is 10.0 Å². The Kier molecular flexibility index (Phi) is 4.83. The average Bonchev–Trinajstić information content (AvgIpc) is 2.60. The van der Waals surface area contributed by atoms with Crippen molar-refractivity contribution in [2.24, 2.45) is 23.2 Å². The second kappa shape index (κ2) is 6.89. The van der Waals surface area contributed by atoms with Crippen molar-refractivity contribution in [1.82, 2.24) is 10.0 Å². The van der Waals surface area contributed by atoms with Crippen molar-refractivity contribution in [2.45, 2.75) is 63.3 Å². The first-order valence-corrected chi connectivity index (χ1v) is 11.7. The van der Waals surface area contributed by atoms with Crippen LogP contribution in [0.3, 0.4) is 0 Å². The molecule has 0 heterocycles. The number of hydrogen-bond acceptors (Lipinski definition) is 3. The summed E-state index contributed by atoms with van der Waals surface area (Å²) >= 11 is 0. The zero-order valence-electron chi connectivity index (χ0n) is 16.2. The van der Waals surface area contributed by atoms with Gasteiger partial charge in [0.1, 0.15) is 0 Å². The van der Waals surface area contributed by atoms with Crippen molar-refractivity contribution in [2.75, 3.05) is 6.54 Å². The van der Waals surface area contributed by atoms with Gasteiger partial charge >= 0.3 is 0 Å². The van der Waals surface area contributed by atoms with E-state index in [1.54, 1.807) is 19.1 Å². The quantitative estimate of drug-likeness (QED) is 0.782. The van der Waals surface area contributed by atoms with Crippen LogP contribution in [0.5, 0.6) is 0 Å². The van der Waals surface area contributed by atoms with Crippen molar-refractivity contribution in [1.29, 1.82) is 0 Å². The fraction of sp³-hybridized carbons (Fsp3) is 0.667. The molecule has 1 aromatic rings. The first kappa shape index (κ1) is 18.9. The maximum atomic E-state index is 12.8. The van der Waals surface area contributed by atoms with Crippen molar-refractivity contribution in [3.05, 3.63) is 29.8 Å². The van der Waals surface area contributed by atoms with E-state index in [1.165, 1.54) is 50.7 Å². The van der Waals surface area contributed by atoms with Gasteiger partial charge in [0.05, 0.1) is 4.90 Å². The Hall–Kier alpha value is -1.40. The van der Waals surface area contributed by atoms with Crippen LogP contribution >= 0.6 is 0 Å². The highest BCUT2D eigenvalue weighted by atomic mass is 32.2. The van der Waals surface area contributed by atoms with Crippen LogP contribution in [0.1, 0.15) is 62.7 Å². The van der Waals surface area contributed by atoms with Crippen LogP contribution in [0.4, 0.5) is 0 Å². The van der Waals surface area contributed by atoms with Crippen LogP contribution in [0.25, 0.3) is 0 Å². The Morgan fingerprint density at radius 2 is 1.59 bits per heavy atom. The highest BCUT2D eigenvalue weighted by Crippen LogP contribution is 2.61. The molecular formula is C21H30N2O3S. The maximum Gasteiger partial charge on any atom is 0.251 e. The molecule has 4 bridgehead atoms. The monoisotopic (exact) mass is 390 g/mol. The minimum Gasteiger partial charge on any atom is -0.349 e. The first-order chi connectivity index (χ1) is 12.8. The molecule has 0 spiro atoms. The van der Waals surface area contributed by atoms with E-state index < -0.39 is 10.0 Å². The minimum absolute atomic E-state index is 0.106. The van der Waals surface area contributed by atoms with E-state index >= 15 is 0 Å². The van der Waals surface area contributed by atoms with Gasteiger partial charge in [-0.15, -0.1) is 0 Å². The van der Waals surface area contributed by atoms with Crippen LogP contribution < -0.4 is 10.0 Å². The summed E-state index contributed by atoms with van der Waals surface area (Å²) in [7, 11) is -3.49. The Balaban J connectivity index is 1.45. The summed E-state index contributed by atoms with van der Waals surface area (Å²) in [5.74, 6) is 2.45. The fourth-order valence-corrected chi connectivity index (χ4v) is 7.24. The molecule has 5 rings (SSSR count). The second-order valence-electron chi connectivity index (χ2n) is 9.00. The molecule has 148 valence electrons. The van der Waals surface area contributed by atoms with E-state index in [0.717, 1.165) is 17.8 Å². The number of carbonyl (C=O) groups excluding carboxylic acids is 1. The third-order valence-corrected chi connectivity index (χ3v) is 8.67. The van der Waals surface area contributed by atoms with Crippen molar-refractivity contribution in [3.8, 4) is 0 Å². The predicted octanol–water partition coefficient (Wildman–Crippen LogP) is 3.32. The Morgan fingerprint density at radius 3 is 2.07 bits per heavy atom. The van der Waals surface area contributed by atoms with Crippen molar-refractivity contribution in [3.63, 3.8) is 0 Å². The van der Waals surface area contributed by atoms with Gasteiger partial charge in [0.15, 0.2) is 0 Å². The number of hydrogen-bond donors (Lipinski definition) is 2. The molecule has 1 atom stereocenters. The first-order valence-electron chi connectivity index (χ1n) is 10.2. The Morgan fingerprint density at radius 1 is 1.07 bits per heavy atom. The highest BCUT2D eigenvalue weighted by molar-refractivity contribution is 7.89. The molecule has 4 aliphatic carbocycles. The molecule has 2 N–H and O–H groups in total. The maximum absolute atomic E-state index is 12.8. The SMILES string of the molecule is CCNS(=O)(=O)c1ccc(C(=O)N[C@H](C)C23CC4CC(CC(C4)C2)C3)cc1. The molecule has 0 unspecified atom stereocenters. The van der Waals surface area contributed by atoms with Gasteiger partial charge in [-0.05, 0) is 92.9 Å². The zero-order chi connectivity index (χ0) is 19.2. The van der Waals surface area contributed by atoms with Gasteiger partial charge in [-0.1, -0.05) is 6.92 Å². The topological polar surface area (TPSA) is 75.3 Å². The predicted molar refractivity (Wildman–Crippen MR) is 105 cm³/mol. The minimum atomic E-state index is -3.49.